The molecule has 1 nitrogen and oxygen atoms in total. The minimum absolute atomic E-state index is 1.04. The van der Waals surface area contributed by atoms with Gasteiger partial charge in [0.15, 0.2) is 0 Å². The van der Waals surface area contributed by atoms with Crippen molar-refractivity contribution in [3.63, 3.8) is 0 Å². The van der Waals surface area contributed by atoms with Crippen LogP contribution in [0.25, 0.3) is 0 Å². The first-order valence-corrected chi connectivity index (χ1v) is 4.34. The van der Waals surface area contributed by atoms with Gasteiger partial charge in [-0.2, -0.15) is 0 Å². The molecule has 0 aliphatic carbocycles. The van der Waals surface area contributed by atoms with E-state index in [0.717, 1.165) is 12.8 Å². The van der Waals surface area contributed by atoms with Gasteiger partial charge in [-0.15, -0.1) is 11.3 Å². The predicted molar refractivity (Wildman–Crippen MR) is 45.2 cm³/mol. The van der Waals surface area contributed by atoms with Crippen LogP contribution in [0, 0.1) is 0 Å². The molecule has 1 heterocycles. The molecule has 0 bridgehead atoms. The van der Waals surface area contributed by atoms with Gasteiger partial charge in [0.25, 0.3) is 0 Å². The van der Waals surface area contributed by atoms with Crippen molar-refractivity contribution in [3.05, 3.63) is 28.7 Å². The van der Waals surface area contributed by atoms with Gasteiger partial charge in [0.05, 0.1) is 5.51 Å². The fourth-order valence-corrected chi connectivity index (χ4v) is 1.28. The molecule has 0 aliphatic rings. The summed E-state index contributed by atoms with van der Waals surface area (Å²) in [6.45, 7) is 2.14. The zero-order chi connectivity index (χ0) is 7.23. The highest BCUT2D eigenvalue weighted by molar-refractivity contribution is 7.09. The summed E-state index contributed by atoms with van der Waals surface area (Å²) in [7, 11) is 0. The number of hydrogen-bond donors (Lipinski definition) is 0. The Morgan fingerprint density at radius 1 is 1.60 bits per heavy atom. The summed E-state index contributed by atoms with van der Waals surface area (Å²) in [6.07, 6.45) is 8.45. The summed E-state index contributed by atoms with van der Waals surface area (Å²) in [5.74, 6) is 0. The maximum Gasteiger partial charge on any atom is 0.0794 e. The highest BCUT2D eigenvalue weighted by atomic mass is 32.1. The third-order valence-electron chi connectivity index (χ3n) is 1.20. The molecule has 2 heteroatoms. The lowest BCUT2D eigenvalue weighted by molar-refractivity contribution is 1.19. The summed E-state index contributed by atoms with van der Waals surface area (Å²) in [5.41, 5.74) is 1.87. The van der Waals surface area contributed by atoms with Gasteiger partial charge >= 0.3 is 0 Å². The van der Waals surface area contributed by atoms with Crippen molar-refractivity contribution >= 4 is 11.3 Å². The van der Waals surface area contributed by atoms with E-state index >= 15 is 0 Å². The topological polar surface area (TPSA) is 12.9 Å². The molecule has 1 rings (SSSR count). The van der Waals surface area contributed by atoms with Crippen LogP contribution < -0.4 is 0 Å². The SMILES string of the molecule is CC/C=C\Cc1cncs1. The van der Waals surface area contributed by atoms with Crippen molar-refractivity contribution in [3.8, 4) is 0 Å². The minimum atomic E-state index is 1.04. The molecule has 54 valence electrons. The third kappa shape index (κ3) is 2.31. The van der Waals surface area contributed by atoms with Crippen LogP contribution in [0.5, 0.6) is 0 Å². The molecule has 0 radical (unpaired) electrons. The van der Waals surface area contributed by atoms with Crippen LogP contribution in [0.2, 0.25) is 0 Å². The summed E-state index contributed by atoms with van der Waals surface area (Å²) >= 11 is 1.71. The Hall–Kier alpha value is -0.630. The number of thiazole rings is 1. The van der Waals surface area contributed by atoms with Crippen LogP contribution in [-0.4, -0.2) is 4.98 Å². The highest BCUT2D eigenvalue weighted by Gasteiger charge is 1.87. The molecule has 0 aliphatic heterocycles. The Morgan fingerprint density at radius 3 is 3.10 bits per heavy atom. The predicted octanol–water partition coefficient (Wildman–Crippen LogP) is 2.65. The van der Waals surface area contributed by atoms with E-state index in [1.165, 1.54) is 4.88 Å². The van der Waals surface area contributed by atoms with Crippen LogP contribution >= 0.6 is 11.3 Å². The van der Waals surface area contributed by atoms with E-state index in [2.05, 4.69) is 24.1 Å². The lowest BCUT2D eigenvalue weighted by atomic mass is 10.3. The number of hydrogen-bond acceptors (Lipinski definition) is 2. The van der Waals surface area contributed by atoms with Gasteiger partial charge in [-0.05, 0) is 6.42 Å². The zero-order valence-corrected chi connectivity index (χ0v) is 6.90. The second-order valence-electron chi connectivity index (χ2n) is 2.05. The number of rotatable bonds is 3. The largest absolute Gasteiger partial charge is 0.253 e. The maximum atomic E-state index is 3.99. The van der Waals surface area contributed by atoms with Gasteiger partial charge in [-0.25, -0.2) is 0 Å². The molecular weight excluding hydrogens is 142 g/mol. The third-order valence-corrected chi connectivity index (χ3v) is 2.01. The minimum Gasteiger partial charge on any atom is -0.253 e. The Morgan fingerprint density at radius 2 is 2.50 bits per heavy atom. The van der Waals surface area contributed by atoms with Crippen LogP contribution in [0.3, 0.4) is 0 Å². The van der Waals surface area contributed by atoms with E-state index < -0.39 is 0 Å². The summed E-state index contributed by atoms with van der Waals surface area (Å²) < 4.78 is 0. The molecule has 1 aromatic rings. The van der Waals surface area contributed by atoms with Crippen LogP contribution in [0.4, 0.5) is 0 Å². The number of allylic oxidation sites excluding steroid dienone is 2. The molecular formula is C8H11NS. The van der Waals surface area contributed by atoms with Gasteiger partial charge < -0.3 is 0 Å². The molecule has 0 fully saturated rings. The Bertz CT molecular complexity index is 189. The molecule has 1 aromatic heterocycles. The van der Waals surface area contributed by atoms with Gasteiger partial charge in [0.2, 0.25) is 0 Å². The second kappa shape index (κ2) is 4.23. The molecule has 10 heavy (non-hydrogen) atoms. The van der Waals surface area contributed by atoms with E-state index in [1.807, 2.05) is 11.7 Å². The average Bonchev–Trinajstić information content (AvgIpc) is 2.41. The van der Waals surface area contributed by atoms with Crippen molar-refractivity contribution in [2.75, 3.05) is 0 Å². The summed E-state index contributed by atoms with van der Waals surface area (Å²) in [6, 6.07) is 0. The molecule has 0 N–H and O–H groups in total. The van der Waals surface area contributed by atoms with Gasteiger partial charge in [0, 0.05) is 17.5 Å². The Labute approximate surface area is 65.4 Å². The molecule has 0 saturated heterocycles. The molecule has 0 spiro atoms. The summed E-state index contributed by atoms with van der Waals surface area (Å²) in [4.78, 5) is 5.32. The van der Waals surface area contributed by atoms with Crippen molar-refractivity contribution in [2.45, 2.75) is 19.8 Å². The second-order valence-corrected chi connectivity index (χ2v) is 3.02. The molecule has 0 saturated carbocycles. The van der Waals surface area contributed by atoms with Crippen molar-refractivity contribution in [1.29, 1.82) is 0 Å². The quantitative estimate of drug-likeness (QED) is 0.608. The Kier molecular flexibility index (Phi) is 3.16. The van der Waals surface area contributed by atoms with Crippen molar-refractivity contribution in [2.24, 2.45) is 0 Å². The number of nitrogens with zero attached hydrogens (tertiary/aromatic N) is 1. The standard InChI is InChI=1S/C8H11NS/c1-2-3-4-5-8-6-9-7-10-8/h3-4,6-7H,2,5H2,1H3/b4-3-. The summed E-state index contributed by atoms with van der Waals surface area (Å²) in [5, 5.41) is 0. The zero-order valence-electron chi connectivity index (χ0n) is 6.08. The highest BCUT2D eigenvalue weighted by Crippen LogP contribution is 2.06. The van der Waals surface area contributed by atoms with E-state index in [9.17, 15) is 0 Å². The lowest BCUT2D eigenvalue weighted by Crippen LogP contribution is -1.70. The van der Waals surface area contributed by atoms with Gasteiger partial charge in [-0.1, -0.05) is 19.1 Å². The van der Waals surface area contributed by atoms with E-state index in [4.69, 9.17) is 0 Å². The van der Waals surface area contributed by atoms with Crippen LogP contribution in [0.1, 0.15) is 18.2 Å². The first-order valence-electron chi connectivity index (χ1n) is 3.46. The van der Waals surface area contributed by atoms with Crippen molar-refractivity contribution in [1.82, 2.24) is 4.98 Å². The molecule has 0 aromatic carbocycles. The monoisotopic (exact) mass is 153 g/mol. The average molecular weight is 153 g/mol. The smallest absolute Gasteiger partial charge is 0.0794 e. The molecule has 0 unspecified atom stereocenters. The fraction of sp³-hybridized carbons (Fsp3) is 0.375. The first-order chi connectivity index (χ1) is 4.93. The van der Waals surface area contributed by atoms with E-state index in [-0.39, 0.29) is 0 Å². The van der Waals surface area contributed by atoms with Gasteiger partial charge in [-0.3, -0.25) is 4.98 Å². The van der Waals surface area contributed by atoms with E-state index in [0.29, 0.717) is 0 Å². The fourth-order valence-electron chi connectivity index (χ4n) is 0.709. The maximum absolute atomic E-state index is 3.99. The van der Waals surface area contributed by atoms with E-state index in [1.54, 1.807) is 11.3 Å². The normalized spacial score (nSPS) is 10.9. The van der Waals surface area contributed by atoms with Gasteiger partial charge in [0.1, 0.15) is 0 Å². The first kappa shape index (κ1) is 7.48. The lowest BCUT2D eigenvalue weighted by Gasteiger charge is -1.83. The van der Waals surface area contributed by atoms with Crippen LogP contribution in [0.15, 0.2) is 23.9 Å². The van der Waals surface area contributed by atoms with Crippen LogP contribution in [-0.2, 0) is 6.42 Å². The Balaban J connectivity index is 2.34. The molecule has 0 atom stereocenters. The van der Waals surface area contributed by atoms with Crippen molar-refractivity contribution < 1.29 is 0 Å². The number of aromatic nitrogens is 1. The molecule has 0 amide bonds.